The molecule has 0 amide bonds. The zero-order chi connectivity index (χ0) is 18.1. The summed E-state index contributed by atoms with van der Waals surface area (Å²) in [6.07, 6.45) is 5.95. The molecule has 0 aliphatic carbocycles. The number of aromatic nitrogens is 1. The summed E-state index contributed by atoms with van der Waals surface area (Å²) in [5, 5.41) is 3.47. The van der Waals surface area contributed by atoms with Gasteiger partial charge in [0.05, 0.1) is 0 Å². The third-order valence-corrected chi connectivity index (χ3v) is 4.58. The maximum atomic E-state index is 4.64. The first-order valence-electron chi connectivity index (χ1n) is 9.05. The van der Waals surface area contributed by atoms with E-state index in [9.17, 15) is 0 Å². The minimum Gasteiger partial charge on any atom is -0.354 e. The Labute approximate surface area is 175 Å². The number of guanidine groups is 1. The van der Waals surface area contributed by atoms with Crippen molar-refractivity contribution in [2.24, 2.45) is 4.99 Å². The lowest BCUT2D eigenvalue weighted by Gasteiger charge is -2.34. The maximum absolute atomic E-state index is 4.64. The third-order valence-electron chi connectivity index (χ3n) is 4.58. The Hall–Kier alpha value is -1.35. The van der Waals surface area contributed by atoms with Crippen LogP contribution in [0.4, 0.5) is 5.82 Å². The van der Waals surface area contributed by atoms with E-state index in [0.29, 0.717) is 0 Å². The molecule has 1 fully saturated rings. The highest BCUT2D eigenvalue weighted by molar-refractivity contribution is 14.0. The molecule has 1 saturated heterocycles. The number of nitrogens with one attached hydrogen (secondary N) is 1. The molecule has 0 aromatic carbocycles. The second-order valence-corrected chi connectivity index (χ2v) is 6.53. The number of piperazine rings is 1. The molecule has 1 aromatic rings. The number of aliphatic imine (C=N–C) groups is 1. The predicted molar refractivity (Wildman–Crippen MR) is 122 cm³/mol. The van der Waals surface area contributed by atoms with Crippen LogP contribution < -0.4 is 10.2 Å². The van der Waals surface area contributed by atoms with Crippen molar-refractivity contribution in [3.63, 3.8) is 0 Å². The molecule has 1 N–H and O–H groups in total. The van der Waals surface area contributed by atoms with Gasteiger partial charge in [0.25, 0.3) is 0 Å². The van der Waals surface area contributed by atoms with E-state index in [1.807, 2.05) is 25.4 Å². The van der Waals surface area contributed by atoms with Crippen molar-refractivity contribution in [1.82, 2.24) is 20.1 Å². The molecule has 0 unspecified atom stereocenters. The SMILES string of the molecule is C=CCCCN(C)C(=NC)NCc1cccnc1N1CCN(C)CC1.I. The van der Waals surface area contributed by atoms with E-state index in [1.165, 1.54) is 5.56 Å². The van der Waals surface area contributed by atoms with Crippen LogP contribution in [-0.4, -0.2) is 74.6 Å². The molecule has 146 valence electrons. The lowest BCUT2D eigenvalue weighted by Crippen LogP contribution is -2.45. The highest BCUT2D eigenvalue weighted by Gasteiger charge is 2.18. The van der Waals surface area contributed by atoms with Gasteiger partial charge in [0.15, 0.2) is 5.96 Å². The number of pyridine rings is 1. The molecule has 0 spiro atoms. The van der Waals surface area contributed by atoms with Gasteiger partial charge in [0.2, 0.25) is 0 Å². The fourth-order valence-corrected chi connectivity index (χ4v) is 3.01. The Morgan fingerprint density at radius 1 is 1.38 bits per heavy atom. The quantitative estimate of drug-likeness (QED) is 0.217. The lowest BCUT2D eigenvalue weighted by atomic mass is 10.2. The molecule has 1 aliphatic rings. The molecule has 7 heteroatoms. The zero-order valence-corrected chi connectivity index (χ0v) is 18.6. The summed E-state index contributed by atoms with van der Waals surface area (Å²) in [5.41, 5.74) is 1.22. The van der Waals surface area contributed by atoms with Crippen molar-refractivity contribution in [2.45, 2.75) is 19.4 Å². The molecular formula is C19H33IN6. The fraction of sp³-hybridized carbons (Fsp3) is 0.579. The Bertz CT molecular complexity index is 569. The molecule has 1 aromatic heterocycles. The summed E-state index contributed by atoms with van der Waals surface area (Å²) in [6.45, 7) is 9.68. The van der Waals surface area contributed by atoms with Gasteiger partial charge in [0, 0.05) is 65.1 Å². The van der Waals surface area contributed by atoms with Gasteiger partial charge in [-0.1, -0.05) is 12.1 Å². The van der Waals surface area contributed by atoms with Crippen LogP contribution in [0.2, 0.25) is 0 Å². The van der Waals surface area contributed by atoms with E-state index in [1.54, 1.807) is 0 Å². The molecule has 1 aliphatic heterocycles. The van der Waals surface area contributed by atoms with Crippen LogP contribution in [0.25, 0.3) is 0 Å². The molecular weight excluding hydrogens is 439 g/mol. The van der Waals surface area contributed by atoms with E-state index >= 15 is 0 Å². The number of likely N-dealkylation sites (N-methyl/N-ethyl adjacent to an activating group) is 1. The molecule has 6 nitrogen and oxygen atoms in total. The van der Waals surface area contributed by atoms with Crippen LogP contribution in [0.1, 0.15) is 18.4 Å². The number of allylic oxidation sites excluding steroid dienone is 1. The number of unbranched alkanes of at least 4 members (excludes halogenated alkanes) is 1. The number of anilines is 1. The highest BCUT2D eigenvalue weighted by atomic mass is 127. The first kappa shape index (κ1) is 22.7. The molecule has 0 atom stereocenters. The number of hydrogen-bond donors (Lipinski definition) is 1. The summed E-state index contributed by atoms with van der Waals surface area (Å²) in [7, 11) is 6.07. The Kier molecular flexibility index (Phi) is 10.6. The van der Waals surface area contributed by atoms with E-state index < -0.39 is 0 Å². The minimum absolute atomic E-state index is 0. The van der Waals surface area contributed by atoms with Gasteiger partial charge in [-0.05, 0) is 26.0 Å². The molecule has 0 radical (unpaired) electrons. The summed E-state index contributed by atoms with van der Waals surface area (Å²) in [6, 6.07) is 4.16. The Morgan fingerprint density at radius 2 is 2.12 bits per heavy atom. The molecule has 0 bridgehead atoms. The number of halogens is 1. The zero-order valence-electron chi connectivity index (χ0n) is 16.3. The number of nitrogens with zero attached hydrogens (tertiary/aromatic N) is 5. The van der Waals surface area contributed by atoms with E-state index in [-0.39, 0.29) is 24.0 Å². The van der Waals surface area contributed by atoms with Crippen molar-refractivity contribution in [3.8, 4) is 0 Å². The van der Waals surface area contributed by atoms with Crippen molar-refractivity contribution in [3.05, 3.63) is 36.5 Å². The predicted octanol–water partition coefficient (Wildman–Crippen LogP) is 2.42. The van der Waals surface area contributed by atoms with Crippen LogP contribution in [0.15, 0.2) is 36.0 Å². The van der Waals surface area contributed by atoms with E-state index in [4.69, 9.17) is 0 Å². The normalized spacial score (nSPS) is 15.3. The van der Waals surface area contributed by atoms with Gasteiger partial charge in [-0.2, -0.15) is 0 Å². The van der Waals surface area contributed by atoms with E-state index in [0.717, 1.165) is 63.9 Å². The van der Waals surface area contributed by atoms with Crippen molar-refractivity contribution in [1.29, 1.82) is 0 Å². The Morgan fingerprint density at radius 3 is 2.77 bits per heavy atom. The first-order chi connectivity index (χ1) is 12.2. The van der Waals surface area contributed by atoms with Crippen LogP contribution >= 0.6 is 24.0 Å². The van der Waals surface area contributed by atoms with Gasteiger partial charge in [-0.25, -0.2) is 4.98 Å². The molecule has 0 saturated carbocycles. The number of hydrogen-bond acceptors (Lipinski definition) is 4. The van der Waals surface area contributed by atoms with Crippen molar-refractivity contribution in [2.75, 3.05) is 58.8 Å². The summed E-state index contributed by atoms with van der Waals surface area (Å²) >= 11 is 0. The van der Waals surface area contributed by atoms with Gasteiger partial charge in [-0.3, -0.25) is 4.99 Å². The van der Waals surface area contributed by atoms with Gasteiger partial charge < -0.3 is 20.0 Å². The minimum atomic E-state index is 0. The average Bonchev–Trinajstić information content (AvgIpc) is 2.63. The Balaban J connectivity index is 0.00000338. The van der Waals surface area contributed by atoms with Crippen molar-refractivity contribution >= 4 is 35.8 Å². The maximum Gasteiger partial charge on any atom is 0.193 e. The standard InChI is InChI=1S/C19H32N6.HI/c1-5-6-7-11-24(4)19(20-2)22-16-17-9-8-10-21-18(17)25-14-12-23(3)13-15-25;/h5,8-10H,1,6-7,11-16H2,2-4H3,(H,20,22);1H. The van der Waals surface area contributed by atoms with Crippen LogP contribution in [-0.2, 0) is 6.54 Å². The highest BCUT2D eigenvalue weighted by Crippen LogP contribution is 2.18. The lowest BCUT2D eigenvalue weighted by molar-refractivity contribution is 0.311. The second-order valence-electron chi connectivity index (χ2n) is 6.53. The van der Waals surface area contributed by atoms with Gasteiger partial charge >= 0.3 is 0 Å². The smallest absolute Gasteiger partial charge is 0.193 e. The fourth-order valence-electron chi connectivity index (χ4n) is 3.01. The second kappa shape index (κ2) is 12.1. The van der Waals surface area contributed by atoms with Gasteiger partial charge in [-0.15, -0.1) is 30.6 Å². The number of rotatable bonds is 7. The van der Waals surface area contributed by atoms with E-state index in [2.05, 4.69) is 56.7 Å². The topological polar surface area (TPSA) is 47.0 Å². The molecule has 2 heterocycles. The molecule has 2 rings (SSSR count). The van der Waals surface area contributed by atoms with Crippen molar-refractivity contribution < 1.29 is 0 Å². The largest absolute Gasteiger partial charge is 0.354 e. The van der Waals surface area contributed by atoms with Gasteiger partial charge in [0.1, 0.15) is 5.82 Å². The summed E-state index contributed by atoms with van der Waals surface area (Å²) < 4.78 is 0. The molecule has 26 heavy (non-hydrogen) atoms. The summed E-state index contributed by atoms with van der Waals surface area (Å²) in [4.78, 5) is 15.9. The van der Waals surface area contributed by atoms with Crippen LogP contribution in [0, 0.1) is 0 Å². The van der Waals surface area contributed by atoms with Crippen LogP contribution in [0.3, 0.4) is 0 Å². The summed E-state index contributed by atoms with van der Waals surface area (Å²) in [5.74, 6) is 2.00. The third kappa shape index (κ3) is 6.75. The average molecular weight is 472 g/mol. The first-order valence-corrected chi connectivity index (χ1v) is 9.05. The van der Waals surface area contributed by atoms with Crippen LogP contribution in [0.5, 0.6) is 0 Å². The monoisotopic (exact) mass is 472 g/mol.